The molecule has 102 valence electrons. The maximum absolute atomic E-state index is 12.6. The van der Waals surface area contributed by atoms with Gasteiger partial charge in [0, 0.05) is 21.7 Å². The third-order valence-electron chi connectivity index (χ3n) is 3.26. The first kappa shape index (κ1) is 14.6. The summed E-state index contributed by atoms with van der Waals surface area (Å²) in [5, 5.41) is 3.29. The number of halogens is 2. The minimum atomic E-state index is -0.846. The minimum Gasteiger partial charge on any atom is -0.352 e. The maximum Gasteiger partial charge on any atom is 0.255 e. The third-order valence-corrected chi connectivity index (χ3v) is 4.43. The highest BCUT2D eigenvalue weighted by Crippen LogP contribution is 2.24. The number of benzene rings is 1. The molecule has 0 aromatic heterocycles. The van der Waals surface area contributed by atoms with Crippen LogP contribution in [0, 0.1) is 3.57 Å². The maximum atomic E-state index is 12.6. The summed E-state index contributed by atoms with van der Waals surface area (Å²) in [6.45, 7) is 4.47. The highest BCUT2D eigenvalue weighted by molar-refractivity contribution is 14.1. The van der Waals surface area contributed by atoms with Gasteiger partial charge in [-0.15, -0.1) is 0 Å². The third kappa shape index (κ3) is 2.72. The molecule has 19 heavy (non-hydrogen) atoms. The summed E-state index contributed by atoms with van der Waals surface area (Å²) in [6, 6.07) is 5.19. The fourth-order valence-corrected chi connectivity index (χ4v) is 2.80. The summed E-state index contributed by atoms with van der Waals surface area (Å²) in [6.07, 6.45) is 0. The zero-order valence-corrected chi connectivity index (χ0v) is 13.6. The van der Waals surface area contributed by atoms with Crippen molar-refractivity contribution in [2.75, 3.05) is 13.1 Å². The molecule has 1 saturated heterocycles. The van der Waals surface area contributed by atoms with Gasteiger partial charge >= 0.3 is 0 Å². The lowest BCUT2D eigenvalue weighted by Crippen LogP contribution is -2.63. The van der Waals surface area contributed by atoms with E-state index in [1.54, 1.807) is 36.9 Å². The summed E-state index contributed by atoms with van der Waals surface area (Å²) >= 11 is 8.05. The Labute approximate surface area is 130 Å². The molecule has 1 aliphatic rings. The highest BCUT2D eigenvalue weighted by atomic mass is 127. The van der Waals surface area contributed by atoms with Crippen LogP contribution in [0.5, 0.6) is 0 Å². The van der Waals surface area contributed by atoms with Crippen molar-refractivity contribution in [2.24, 2.45) is 0 Å². The molecule has 0 unspecified atom stereocenters. The molecule has 1 aliphatic heterocycles. The number of piperazine rings is 1. The standard InChI is InChI=1S/C13H14ClIN2O2/c1-13(2)12(19)16-5-6-17(13)11(18)9-7-8(14)3-4-10(9)15/h3-4,7H,5-6H2,1-2H3,(H,16,19). The van der Waals surface area contributed by atoms with Gasteiger partial charge in [-0.25, -0.2) is 0 Å². The molecule has 1 aromatic rings. The Morgan fingerprint density at radius 3 is 2.84 bits per heavy atom. The number of nitrogens with one attached hydrogen (secondary N) is 1. The van der Waals surface area contributed by atoms with Gasteiger partial charge in [0.05, 0.1) is 5.56 Å². The van der Waals surface area contributed by atoms with Crippen LogP contribution in [-0.4, -0.2) is 35.3 Å². The molecular weight excluding hydrogens is 379 g/mol. The fourth-order valence-electron chi connectivity index (χ4n) is 2.06. The van der Waals surface area contributed by atoms with E-state index in [1.165, 1.54) is 0 Å². The van der Waals surface area contributed by atoms with E-state index in [-0.39, 0.29) is 11.8 Å². The van der Waals surface area contributed by atoms with Crippen LogP contribution in [0.15, 0.2) is 18.2 Å². The second-order valence-electron chi connectivity index (χ2n) is 4.90. The summed E-state index contributed by atoms with van der Waals surface area (Å²) in [5.41, 5.74) is -0.309. The highest BCUT2D eigenvalue weighted by Gasteiger charge is 2.41. The van der Waals surface area contributed by atoms with Crippen molar-refractivity contribution in [1.82, 2.24) is 10.2 Å². The van der Waals surface area contributed by atoms with Crippen molar-refractivity contribution >= 4 is 46.0 Å². The molecule has 0 bridgehead atoms. The van der Waals surface area contributed by atoms with E-state index in [1.807, 2.05) is 0 Å². The Kier molecular flexibility index (Phi) is 4.06. The molecule has 2 rings (SSSR count). The first-order valence-electron chi connectivity index (χ1n) is 5.89. The quantitative estimate of drug-likeness (QED) is 0.746. The predicted molar refractivity (Wildman–Crippen MR) is 82.3 cm³/mol. The van der Waals surface area contributed by atoms with Gasteiger partial charge in [0.25, 0.3) is 5.91 Å². The van der Waals surface area contributed by atoms with Gasteiger partial charge in [-0.2, -0.15) is 0 Å². The Morgan fingerprint density at radius 2 is 2.16 bits per heavy atom. The fraction of sp³-hybridized carbons (Fsp3) is 0.385. The Morgan fingerprint density at radius 1 is 1.47 bits per heavy atom. The molecule has 4 nitrogen and oxygen atoms in total. The van der Waals surface area contributed by atoms with Crippen LogP contribution in [-0.2, 0) is 4.79 Å². The number of nitrogens with zero attached hydrogens (tertiary/aromatic N) is 1. The molecule has 1 aromatic carbocycles. The van der Waals surface area contributed by atoms with Crippen LogP contribution in [0.3, 0.4) is 0 Å². The summed E-state index contributed by atoms with van der Waals surface area (Å²) in [4.78, 5) is 26.1. The number of amides is 2. The first-order valence-corrected chi connectivity index (χ1v) is 7.35. The van der Waals surface area contributed by atoms with Gasteiger partial charge in [0.1, 0.15) is 5.54 Å². The average molecular weight is 393 g/mol. The molecule has 1 heterocycles. The van der Waals surface area contributed by atoms with Crippen molar-refractivity contribution in [2.45, 2.75) is 19.4 Å². The molecule has 0 atom stereocenters. The van der Waals surface area contributed by atoms with E-state index >= 15 is 0 Å². The number of hydrogen-bond donors (Lipinski definition) is 1. The molecule has 1 fully saturated rings. The van der Waals surface area contributed by atoms with Crippen molar-refractivity contribution in [3.8, 4) is 0 Å². The molecule has 0 spiro atoms. The van der Waals surface area contributed by atoms with E-state index in [9.17, 15) is 9.59 Å². The van der Waals surface area contributed by atoms with Gasteiger partial charge in [-0.05, 0) is 54.6 Å². The van der Waals surface area contributed by atoms with E-state index in [2.05, 4.69) is 27.9 Å². The molecule has 1 N–H and O–H groups in total. The van der Waals surface area contributed by atoms with Gasteiger partial charge in [0.15, 0.2) is 0 Å². The van der Waals surface area contributed by atoms with Crippen LogP contribution in [0.1, 0.15) is 24.2 Å². The molecule has 0 aliphatic carbocycles. The second-order valence-corrected chi connectivity index (χ2v) is 6.49. The minimum absolute atomic E-state index is 0.135. The number of rotatable bonds is 1. The van der Waals surface area contributed by atoms with Crippen molar-refractivity contribution < 1.29 is 9.59 Å². The Hall–Kier alpha value is -0.820. The van der Waals surface area contributed by atoms with Crippen LogP contribution in [0.4, 0.5) is 0 Å². The predicted octanol–water partition coefficient (Wildman–Crippen LogP) is 2.30. The molecular formula is C13H14ClIN2O2. The smallest absolute Gasteiger partial charge is 0.255 e. The van der Waals surface area contributed by atoms with Gasteiger partial charge in [-0.3, -0.25) is 9.59 Å². The SMILES string of the molecule is CC1(C)C(=O)NCCN1C(=O)c1cc(Cl)ccc1I. The number of hydrogen-bond acceptors (Lipinski definition) is 2. The van der Waals surface area contributed by atoms with Crippen LogP contribution < -0.4 is 5.32 Å². The number of carbonyl (C=O) groups excluding carboxylic acids is 2. The molecule has 2 amide bonds. The largest absolute Gasteiger partial charge is 0.352 e. The zero-order valence-electron chi connectivity index (χ0n) is 10.7. The monoisotopic (exact) mass is 392 g/mol. The van der Waals surface area contributed by atoms with Crippen LogP contribution >= 0.6 is 34.2 Å². The summed E-state index contributed by atoms with van der Waals surface area (Å²) < 4.78 is 0.828. The normalized spacial score (nSPS) is 18.1. The molecule has 6 heteroatoms. The second kappa shape index (κ2) is 5.28. The molecule has 0 radical (unpaired) electrons. The van der Waals surface area contributed by atoms with Gasteiger partial charge < -0.3 is 10.2 Å². The molecule has 0 saturated carbocycles. The lowest BCUT2D eigenvalue weighted by molar-refractivity contribution is -0.133. The van der Waals surface area contributed by atoms with E-state index in [4.69, 9.17) is 11.6 Å². The Balaban J connectivity index is 2.38. The van der Waals surface area contributed by atoms with Crippen molar-refractivity contribution in [3.05, 3.63) is 32.4 Å². The van der Waals surface area contributed by atoms with Crippen molar-refractivity contribution in [1.29, 1.82) is 0 Å². The van der Waals surface area contributed by atoms with Crippen LogP contribution in [0.2, 0.25) is 5.02 Å². The van der Waals surface area contributed by atoms with E-state index in [0.29, 0.717) is 23.7 Å². The van der Waals surface area contributed by atoms with Crippen LogP contribution in [0.25, 0.3) is 0 Å². The lowest BCUT2D eigenvalue weighted by atomic mass is 9.97. The topological polar surface area (TPSA) is 49.4 Å². The van der Waals surface area contributed by atoms with E-state index < -0.39 is 5.54 Å². The Bertz CT molecular complexity index is 545. The lowest BCUT2D eigenvalue weighted by Gasteiger charge is -2.41. The number of carbonyl (C=O) groups is 2. The average Bonchev–Trinajstić information content (AvgIpc) is 2.35. The first-order chi connectivity index (χ1) is 8.84. The van der Waals surface area contributed by atoms with Crippen molar-refractivity contribution in [3.63, 3.8) is 0 Å². The summed E-state index contributed by atoms with van der Waals surface area (Å²) in [5.74, 6) is -0.295. The van der Waals surface area contributed by atoms with Gasteiger partial charge in [0.2, 0.25) is 5.91 Å². The summed E-state index contributed by atoms with van der Waals surface area (Å²) in [7, 11) is 0. The van der Waals surface area contributed by atoms with E-state index in [0.717, 1.165) is 3.57 Å². The van der Waals surface area contributed by atoms with Gasteiger partial charge in [-0.1, -0.05) is 11.6 Å². The zero-order chi connectivity index (χ0) is 14.2.